The molecule has 0 aliphatic heterocycles. The predicted molar refractivity (Wildman–Crippen MR) is 98.4 cm³/mol. The first-order valence-corrected chi connectivity index (χ1v) is 8.60. The van der Waals surface area contributed by atoms with Crippen LogP contribution < -0.4 is 4.74 Å². The van der Waals surface area contributed by atoms with Crippen LogP contribution in [-0.4, -0.2) is 0 Å². The predicted octanol–water partition coefficient (Wildman–Crippen LogP) is 5.34. The van der Waals surface area contributed by atoms with E-state index in [0.29, 0.717) is 23.2 Å². The summed E-state index contributed by atoms with van der Waals surface area (Å²) in [5.74, 6) is 0.717. The lowest BCUT2D eigenvalue weighted by Crippen LogP contribution is -1.96. The van der Waals surface area contributed by atoms with Crippen LogP contribution in [0, 0.1) is 13.8 Å². The molecule has 0 aromatic heterocycles. The molecule has 3 aromatic rings. The Bertz CT molecular complexity index is 834. The molecule has 3 rings (SSSR count). The number of benzene rings is 3. The molecule has 0 aliphatic carbocycles. The van der Waals surface area contributed by atoms with E-state index in [9.17, 15) is 4.21 Å². The van der Waals surface area contributed by atoms with Crippen molar-refractivity contribution < 1.29 is 8.95 Å². The number of ether oxygens (including phenoxy) is 1. The molecule has 0 bridgehead atoms. The summed E-state index contributed by atoms with van der Waals surface area (Å²) >= 11 is 0.477. The van der Waals surface area contributed by atoms with Gasteiger partial charge in [-0.15, -0.1) is 0 Å². The summed E-state index contributed by atoms with van der Waals surface area (Å²) < 4.78 is 16.6. The lowest BCUT2D eigenvalue weighted by Gasteiger charge is -2.11. The molecule has 24 heavy (non-hydrogen) atoms. The second kappa shape index (κ2) is 7.37. The molecular formula is C21H19O2S+. The zero-order valence-corrected chi connectivity index (χ0v) is 14.6. The Hall–Kier alpha value is -2.52. The van der Waals surface area contributed by atoms with Gasteiger partial charge in [0.25, 0.3) is 4.90 Å². The van der Waals surface area contributed by atoms with Crippen molar-refractivity contribution in [3.63, 3.8) is 0 Å². The molecule has 0 unspecified atom stereocenters. The molecule has 0 spiro atoms. The summed E-state index contributed by atoms with van der Waals surface area (Å²) in [6, 6.07) is 22.1. The summed E-state index contributed by atoms with van der Waals surface area (Å²) in [6.45, 7) is 4.76. The van der Waals surface area contributed by atoms with Gasteiger partial charge in [0, 0.05) is 10.3 Å². The summed E-state index contributed by atoms with van der Waals surface area (Å²) in [5, 5.41) is 0. The van der Waals surface area contributed by atoms with Crippen LogP contribution in [0.1, 0.15) is 16.7 Å². The number of rotatable bonds is 5. The fourth-order valence-corrected chi connectivity index (χ4v) is 3.12. The van der Waals surface area contributed by atoms with Gasteiger partial charge in [-0.05, 0) is 47.7 Å². The second-order valence-electron chi connectivity index (χ2n) is 5.81. The maximum absolute atomic E-state index is 10.8. The van der Waals surface area contributed by atoms with E-state index in [1.807, 2.05) is 12.1 Å². The Balaban J connectivity index is 1.74. The van der Waals surface area contributed by atoms with Gasteiger partial charge in [0.15, 0.2) is 0 Å². The first-order chi connectivity index (χ1) is 11.7. The molecule has 3 aromatic carbocycles. The van der Waals surface area contributed by atoms with Crippen molar-refractivity contribution in [1.29, 1.82) is 0 Å². The average molecular weight is 335 g/mol. The highest BCUT2D eigenvalue weighted by Crippen LogP contribution is 2.27. The monoisotopic (exact) mass is 335 g/mol. The van der Waals surface area contributed by atoms with Crippen molar-refractivity contribution >= 4 is 11.7 Å². The lowest BCUT2D eigenvalue weighted by molar-refractivity contribution is 0.305. The summed E-state index contributed by atoms with van der Waals surface area (Å²) in [4.78, 5) is 0.665. The first-order valence-electron chi connectivity index (χ1n) is 7.85. The Kier molecular flexibility index (Phi) is 5.02. The van der Waals surface area contributed by atoms with E-state index >= 15 is 0 Å². The maximum atomic E-state index is 10.8. The molecule has 120 valence electrons. The molecule has 0 atom stereocenters. The van der Waals surface area contributed by atoms with Crippen molar-refractivity contribution in [1.82, 2.24) is 0 Å². The summed E-state index contributed by atoms with van der Waals surface area (Å²) in [7, 11) is 0. The molecule has 0 amide bonds. The van der Waals surface area contributed by atoms with E-state index in [2.05, 4.69) is 56.3 Å². The Morgan fingerprint density at radius 1 is 0.875 bits per heavy atom. The van der Waals surface area contributed by atoms with Gasteiger partial charge in [-0.2, -0.15) is 0 Å². The molecule has 0 saturated carbocycles. The fourth-order valence-electron chi connectivity index (χ4n) is 2.82. The number of hydrogen-bond donors (Lipinski definition) is 0. The number of aryl methyl sites for hydroxylation is 2. The van der Waals surface area contributed by atoms with E-state index in [4.69, 9.17) is 4.74 Å². The van der Waals surface area contributed by atoms with Gasteiger partial charge in [-0.1, -0.05) is 48.5 Å². The Morgan fingerprint density at radius 3 is 2.21 bits per heavy atom. The van der Waals surface area contributed by atoms with E-state index < -0.39 is 0 Å². The van der Waals surface area contributed by atoms with E-state index in [1.54, 1.807) is 12.1 Å². The molecule has 0 aliphatic rings. The Morgan fingerprint density at radius 2 is 1.54 bits per heavy atom. The van der Waals surface area contributed by atoms with E-state index in [-0.39, 0.29) is 0 Å². The van der Waals surface area contributed by atoms with Crippen LogP contribution >= 0.6 is 0 Å². The van der Waals surface area contributed by atoms with Gasteiger partial charge < -0.3 is 4.74 Å². The van der Waals surface area contributed by atoms with Crippen LogP contribution in [0.4, 0.5) is 0 Å². The minimum Gasteiger partial charge on any atom is -0.489 e. The van der Waals surface area contributed by atoms with Crippen molar-refractivity contribution in [2.75, 3.05) is 0 Å². The van der Waals surface area contributed by atoms with Crippen LogP contribution in [0.15, 0.2) is 71.6 Å². The molecule has 0 radical (unpaired) electrons. The van der Waals surface area contributed by atoms with Crippen LogP contribution in [0.3, 0.4) is 0 Å². The quantitative estimate of drug-likeness (QED) is 0.589. The van der Waals surface area contributed by atoms with Crippen LogP contribution in [0.5, 0.6) is 5.75 Å². The summed E-state index contributed by atoms with van der Waals surface area (Å²) in [6.07, 6.45) is 0. The molecular weight excluding hydrogens is 316 g/mol. The maximum Gasteiger partial charge on any atom is 0.505 e. The molecule has 0 saturated heterocycles. The minimum atomic E-state index is 0.477. The zero-order valence-electron chi connectivity index (χ0n) is 13.8. The second-order valence-corrected chi connectivity index (χ2v) is 6.45. The molecule has 0 heterocycles. The van der Waals surface area contributed by atoms with Gasteiger partial charge in [0.1, 0.15) is 12.4 Å². The smallest absolute Gasteiger partial charge is 0.489 e. The normalized spacial score (nSPS) is 10.4. The van der Waals surface area contributed by atoms with E-state index in [0.717, 1.165) is 11.3 Å². The highest BCUT2D eigenvalue weighted by molar-refractivity contribution is 7.65. The average Bonchev–Trinajstić information content (AvgIpc) is 2.61. The third-order valence-electron chi connectivity index (χ3n) is 4.03. The fraction of sp³-hybridized carbons (Fsp3) is 0.143. The lowest BCUT2D eigenvalue weighted by atomic mass is 9.95. The zero-order chi connectivity index (χ0) is 16.9. The van der Waals surface area contributed by atoms with Gasteiger partial charge in [-0.25, -0.2) is 0 Å². The summed E-state index contributed by atoms with van der Waals surface area (Å²) in [5.41, 5.74) is 6.19. The highest BCUT2D eigenvalue weighted by Gasteiger charge is 2.08. The van der Waals surface area contributed by atoms with Gasteiger partial charge >= 0.3 is 11.7 Å². The topological polar surface area (TPSA) is 26.3 Å². The van der Waals surface area contributed by atoms with Crippen molar-refractivity contribution in [2.24, 2.45) is 0 Å². The molecule has 2 nitrogen and oxygen atoms in total. The van der Waals surface area contributed by atoms with E-state index in [1.165, 1.54) is 22.3 Å². The standard InChI is InChI=1S/C21H19O2S/c1-15-5-3-6-16(2)21(15)18-11-9-17(10-12-18)14-23-19-7-4-8-20(13-19)24-22/h3-13H,14H2,1-2H3/q+1. The van der Waals surface area contributed by atoms with Crippen molar-refractivity contribution in [2.45, 2.75) is 25.3 Å². The van der Waals surface area contributed by atoms with Crippen molar-refractivity contribution in [3.05, 3.63) is 83.4 Å². The SMILES string of the molecule is Cc1cccc(C)c1-c1ccc(COc2cccc([S+]=O)c2)cc1. The van der Waals surface area contributed by atoms with Crippen molar-refractivity contribution in [3.8, 4) is 16.9 Å². The molecule has 3 heteroatoms. The molecule has 0 fully saturated rings. The third-order valence-corrected chi connectivity index (χ3v) is 4.48. The first kappa shape index (κ1) is 16.3. The van der Waals surface area contributed by atoms with Gasteiger partial charge in [0.2, 0.25) is 0 Å². The number of hydrogen-bond acceptors (Lipinski definition) is 2. The third kappa shape index (κ3) is 3.69. The van der Waals surface area contributed by atoms with Gasteiger partial charge in [-0.3, -0.25) is 0 Å². The van der Waals surface area contributed by atoms with Crippen LogP contribution in [0.2, 0.25) is 0 Å². The molecule has 0 N–H and O–H groups in total. The van der Waals surface area contributed by atoms with Crippen LogP contribution in [0.25, 0.3) is 11.1 Å². The highest BCUT2D eigenvalue weighted by atomic mass is 32.1. The van der Waals surface area contributed by atoms with Gasteiger partial charge in [0.05, 0.1) is 6.07 Å². The largest absolute Gasteiger partial charge is 0.505 e. The van der Waals surface area contributed by atoms with Crippen LogP contribution in [-0.2, 0) is 22.5 Å². The Labute approximate surface area is 146 Å². The minimum absolute atomic E-state index is 0.477.